The number of methoxy groups -OCH3 is 2. The number of halogens is 1. The zero-order chi connectivity index (χ0) is 25.3. The van der Waals surface area contributed by atoms with E-state index in [9.17, 15) is 9.59 Å². The Morgan fingerprint density at radius 3 is 2.46 bits per heavy atom. The molecule has 0 saturated carbocycles. The van der Waals surface area contributed by atoms with Gasteiger partial charge in [0.2, 0.25) is 0 Å². The van der Waals surface area contributed by atoms with Crippen molar-refractivity contribution in [1.29, 1.82) is 0 Å². The summed E-state index contributed by atoms with van der Waals surface area (Å²) in [5.41, 5.74) is 3.58. The first-order valence-electron chi connectivity index (χ1n) is 11.6. The molecular formula is C28H30ClNO5. The third kappa shape index (κ3) is 5.13. The molecule has 1 unspecified atom stereocenters. The summed E-state index contributed by atoms with van der Waals surface area (Å²) in [7, 11) is 2.93. The van der Waals surface area contributed by atoms with Gasteiger partial charge in [0.15, 0.2) is 17.3 Å². The fourth-order valence-electron chi connectivity index (χ4n) is 4.98. The molecule has 0 bridgehead atoms. The summed E-state index contributed by atoms with van der Waals surface area (Å²) in [5, 5.41) is 0.663. The molecule has 1 heterocycles. The maximum atomic E-state index is 13.4. The monoisotopic (exact) mass is 495 g/mol. The van der Waals surface area contributed by atoms with Gasteiger partial charge in [0.1, 0.15) is 12.5 Å². The van der Waals surface area contributed by atoms with Gasteiger partial charge in [0.25, 0.3) is 0 Å². The second-order valence-corrected chi connectivity index (χ2v) is 10.3. The number of hydrogen-bond donors (Lipinski definition) is 0. The molecule has 2 atom stereocenters. The van der Waals surface area contributed by atoms with E-state index in [1.807, 2.05) is 49.4 Å². The molecule has 1 aliphatic carbocycles. The van der Waals surface area contributed by atoms with Gasteiger partial charge in [0.05, 0.1) is 14.2 Å². The number of hydrogen-bond acceptors (Lipinski definition) is 6. The van der Waals surface area contributed by atoms with Crippen molar-refractivity contribution in [1.82, 2.24) is 0 Å². The Morgan fingerprint density at radius 2 is 1.80 bits per heavy atom. The lowest BCUT2D eigenvalue weighted by atomic mass is 9.67. The van der Waals surface area contributed by atoms with Gasteiger partial charge in [-0.15, -0.1) is 0 Å². The van der Waals surface area contributed by atoms with E-state index in [0.29, 0.717) is 47.3 Å². The van der Waals surface area contributed by atoms with Gasteiger partial charge in [-0.2, -0.15) is 0 Å². The standard InChI is InChI=1S/C28H30ClNO5/c1-16-24(27(32)34-5)25(26-20(30-16)13-28(2,3)14-21(26)31)18-8-11-22(23(12-18)33-4)35-15-17-6-9-19(29)10-7-17/h6-12,24-25H,13-15H2,1-5H3/t24?,25-/m1/s1. The molecule has 2 aromatic rings. The lowest BCUT2D eigenvalue weighted by molar-refractivity contribution is -0.143. The van der Waals surface area contributed by atoms with Crippen molar-refractivity contribution in [3.63, 3.8) is 0 Å². The summed E-state index contributed by atoms with van der Waals surface area (Å²) in [5.74, 6) is -0.499. The van der Waals surface area contributed by atoms with E-state index in [0.717, 1.165) is 16.8 Å². The van der Waals surface area contributed by atoms with Gasteiger partial charge in [-0.1, -0.05) is 43.6 Å². The van der Waals surface area contributed by atoms with Crippen molar-refractivity contribution in [3.8, 4) is 11.5 Å². The molecule has 2 aliphatic rings. The van der Waals surface area contributed by atoms with Crippen LogP contribution in [0, 0.1) is 11.3 Å². The van der Waals surface area contributed by atoms with E-state index in [-0.39, 0.29) is 11.2 Å². The molecule has 7 heteroatoms. The summed E-state index contributed by atoms with van der Waals surface area (Å²) >= 11 is 5.97. The average molecular weight is 496 g/mol. The molecule has 0 N–H and O–H groups in total. The molecule has 0 fully saturated rings. The molecule has 2 aromatic carbocycles. The summed E-state index contributed by atoms with van der Waals surface area (Å²) in [6.07, 6.45) is 1.08. The zero-order valence-electron chi connectivity index (χ0n) is 20.7. The van der Waals surface area contributed by atoms with Crippen LogP contribution < -0.4 is 9.47 Å². The Kier molecular flexibility index (Phi) is 7.04. The largest absolute Gasteiger partial charge is 0.493 e. The third-order valence-electron chi connectivity index (χ3n) is 6.61. The first kappa shape index (κ1) is 25.0. The average Bonchev–Trinajstić information content (AvgIpc) is 2.81. The highest BCUT2D eigenvalue weighted by Gasteiger charge is 2.46. The maximum absolute atomic E-state index is 13.4. The van der Waals surface area contributed by atoms with Crippen LogP contribution in [0.4, 0.5) is 0 Å². The minimum atomic E-state index is -0.686. The van der Waals surface area contributed by atoms with Crippen LogP contribution in [0.1, 0.15) is 50.7 Å². The Balaban J connectivity index is 1.72. The second-order valence-electron chi connectivity index (χ2n) is 9.86. The summed E-state index contributed by atoms with van der Waals surface area (Å²) in [4.78, 5) is 30.9. The molecule has 0 radical (unpaired) electrons. The van der Waals surface area contributed by atoms with Crippen molar-refractivity contribution < 1.29 is 23.8 Å². The van der Waals surface area contributed by atoms with Crippen molar-refractivity contribution >= 4 is 29.1 Å². The molecule has 0 amide bonds. The lowest BCUT2D eigenvalue weighted by Crippen LogP contribution is -2.39. The van der Waals surface area contributed by atoms with Crippen molar-refractivity contribution in [2.24, 2.45) is 16.3 Å². The summed E-state index contributed by atoms with van der Waals surface area (Å²) in [6.45, 7) is 6.30. The van der Waals surface area contributed by atoms with Crippen molar-refractivity contribution in [3.05, 3.63) is 69.9 Å². The number of nitrogens with zero attached hydrogens (tertiary/aromatic N) is 1. The number of allylic oxidation sites excluding steroid dienone is 2. The topological polar surface area (TPSA) is 74.2 Å². The van der Waals surface area contributed by atoms with Crippen LogP contribution in [0.15, 0.2) is 58.7 Å². The molecule has 6 nitrogen and oxygen atoms in total. The number of ether oxygens (including phenoxy) is 3. The van der Waals surface area contributed by atoms with Crippen LogP contribution in [-0.4, -0.2) is 31.7 Å². The fourth-order valence-corrected chi connectivity index (χ4v) is 5.10. The molecule has 184 valence electrons. The lowest BCUT2D eigenvalue weighted by Gasteiger charge is -2.39. The number of carbonyl (C=O) groups is 2. The van der Waals surface area contributed by atoms with Gasteiger partial charge in [-0.3, -0.25) is 14.6 Å². The van der Waals surface area contributed by atoms with Crippen LogP contribution >= 0.6 is 11.6 Å². The van der Waals surface area contributed by atoms with Gasteiger partial charge >= 0.3 is 5.97 Å². The van der Waals surface area contributed by atoms with Crippen LogP contribution in [0.5, 0.6) is 11.5 Å². The Bertz CT molecular complexity index is 1210. The number of esters is 1. The predicted octanol–water partition coefficient (Wildman–Crippen LogP) is 5.92. The van der Waals surface area contributed by atoms with E-state index in [1.54, 1.807) is 7.11 Å². The first-order valence-corrected chi connectivity index (χ1v) is 12.0. The van der Waals surface area contributed by atoms with Crippen LogP contribution in [0.2, 0.25) is 5.02 Å². The number of rotatable bonds is 6. The van der Waals surface area contributed by atoms with Gasteiger partial charge in [-0.05, 0) is 54.2 Å². The van der Waals surface area contributed by atoms with Crippen LogP contribution in [-0.2, 0) is 20.9 Å². The molecule has 1 aliphatic heterocycles. The third-order valence-corrected chi connectivity index (χ3v) is 6.86. The van der Waals surface area contributed by atoms with Crippen LogP contribution in [0.25, 0.3) is 0 Å². The predicted molar refractivity (Wildman–Crippen MR) is 135 cm³/mol. The minimum Gasteiger partial charge on any atom is -0.493 e. The first-order chi connectivity index (χ1) is 16.6. The molecule has 0 saturated heterocycles. The van der Waals surface area contributed by atoms with Gasteiger partial charge in [-0.25, -0.2) is 0 Å². The molecule has 35 heavy (non-hydrogen) atoms. The smallest absolute Gasteiger partial charge is 0.315 e. The normalized spacial score (nSPS) is 21.2. The fraction of sp³-hybridized carbons (Fsp3) is 0.393. The Hall–Kier alpha value is -3.12. The number of benzene rings is 2. The van der Waals surface area contributed by atoms with E-state index in [1.165, 1.54) is 7.11 Å². The Labute approximate surface area is 210 Å². The van der Waals surface area contributed by atoms with Crippen LogP contribution in [0.3, 0.4) is 0 Å². The maximum Gasteiger partial charge on any atom is 0.315 e. The second kappa shape index (κ2) is 9.86. The number of ketones is 1. The number of aliphatic imine (C=N–C) groups is 1. The highest BCUT2D eigenvalue weighted by molar-refractivity contribution is 6.30. The van der Waals surface area contributed by atoms with E-state index < -0.39 is 17.8 Å². The van der Waals surface area contributed by atoms with E-state index in [4.69, 9.17) is 30.8 Å². The summed E-state index contributed by atoms with van der Waals surface area (Å²) in [6, 6.07) is 13.0. The number of carbonyl (C=O) groups excluding carboxylic acids is 2. The quantitative estimate of drug-likeness (QED) is 0.465. The van der Waals surface area contributed by atoms with Crippen molar-refractivity contribution in [2.75, 3.05) is 14.2 Å². The highest BCUT2D eigenvalue weighted by Crippen LogP contribution is 2.48. The number of Topliss-reactive ketones (excluding diaryl/α,β-unsaturated/α-hetero) is 1. The minimum absolute atomic E-state index is 0.0217. The Morgan fingerprint density at radius 1 is 1.09 bits per heavy atom. The zero-order valence-corrected chi connectivity index (χ0v) is 21.4. The van der Waals surface area contributed by atoms with Crippen molar-refractivity contribution in [2.45, 2.75) is 46.1 Å². The van der Waals surface area contributed by atoms with Gasteiger partial charge < -0.3 is 14.2 Å². The van der Waals surface area contributed by atoms with Gasteiger partial charge in [0, 0.05) is 34.3 Å². The van der Waals surface area contributed by atoms with E-state index >= 15 is 0 Å². The SMILES string of the molecule is COC(=O)C1C(C)=NC2=C(C(=O)CC(C)(C)C2)[C@@H]1c1ccc(OCc2ccc(Cl)cc2)c(OC)c1. The summed E-state index contributed by atoms with van der Waals surface area (Å²) < 4.78 is 16.8. The molecule has 4 rings (SSSR count). The molecular weight excluding hydrogens is 466 g/mol. The molecule has 0 spiro atoms. The van der Waals surface area contributed by atoms with E-state index in [2.05, 4.69) is 13.8 Å². The molecule has 0 aromatic heterocycles. The highest BCUT2D eigenvalue weighted by atomic mass is 35.5.